The quantitative estimate of drug-likeness (QED) is 0.718. The van der Waals surface area contributed by atoms with Crippen LogP contribution in [0.25, 0.3) is 0 Å². The van der Waals surface area contributed by atoms with Gasteiger partial charge in [-0.15, -0.1) is 0 Å². The summed E-state index contributed by atoms with van der Waals surface area (Å²) < 4.78 is 52.1. The van der Waals surface area contributed by atoms with E-state index in [1.807, 2.05) is 0 Å². The highest BCUT2D eigenvalue weighted by atomic mass is 19.4. The van der Waals surface area contributed by atoms with Crippen molar-refractivity contribution in [1.29, 1.82) is 0 Å². The summed E-state index contributed by atoms with van der Waals surface area (Å²) >= 11 is 0. The van der Waals surface area contributed by atoms with Crippen molar-refractivity contribution in [2.75, 3.05) is 19.6 Å². The molecular formula is C15H19F4N3O2. The summed E-state index contributed by atoms with van der Waals surface area (Å²) in [4.78, 5) is 27.1. The highest BCUT2D eigenvalue weighted by Crippen LogP contribution is 2.55. The second kappa shape index (κ2) is 4.83. The first kappa shape index (κ1) is 16.1. The minimum Gasteiger partial charge on any atom is -0.332 e. The second-order valence-electron chi connectivity index (χ2n) is 7.56. The molecule has 9 heteroatoms. The third kappa shape index (κ3) is 2.39. The van der Waals surface area contributed by atoms with Crippen LogP contribution in [0.3, 0.4) is 0 Å². The monoisotopic (exact) mass is 349 g/mol. The third-order valence-corrected chi connectivity index (χ3v) is 5.83. The average molecular weight is 349 g/mol. The molecule has 0 radical (unpaired) electrons. The molecule has 5 nitrogen and oxygen atoms in total. The van der Waals surface area contributed by atoms with Crippen molar-refractivity contribution in [2.45, 2.75) is 61.6 Å². The van der Waals surface area contributed by atoms with Crippen LogP contribution in [0.15, 0.2) is 0 Å². The van der Waals surface area contributed by atoms with E-state index < -0.39 is 35.4 Å². The van der Waals surface area contributed by atoms with Gasteiger partial charge in [-0.2, -0.15) is 13.2 Å². The van der Waals surface area contributed by atoms with Crippen LogP contribution in [0, 0.1) is 0 Å². The highest BCUT2D eigenvalue weighted by Gasteiger charge is 2.67. The van der Waals surface area contributed by atoms with E-state index in [2.05, 4.69) is 5.32 Å². The number of amides is 2. The summed E-state index contributed by atoms with van der Waals surface area (Å²) in [6.45, 7) is 0.187. The molecule has 2 aliphatic carbocycles. The number of nitrogens with zero attached hydrogens (tertiary/aromatic N) is 2. The lowest BCUT2D eigenvalue weighted by Crippen LogP contribution is -2.67. The van der Waals surface area contributed by atoms with Gasteiger partial charge in [0.05, 0.1) is 17.1 Å². The Morgan fingerprint density at radius 2 is 1.54 bits per heavy atom. The van der Waals surface area contributed by atoms with E-state index in [-0.39, 0.29) is 32.0 Å². The van der Waals surface area contributed by atoms with Crippen LogP contribution >= 0.6 is 0 Å². The predicted octanol–water partition coefficient (Wildman–Crippen LogP) is 0.985. The zero-order chi connectivity index (χ0) is 17.3. The van der Waals surface area contributed by atoms with Gasteiger partial charge in [0.25, 0.3) is 0 Å². The second-order valence-corrected chi connectivity index (χ2v) is 7.56. The Balaban J connectivity index is 1.56. The fourth-order valence-electron chi connectivity index (χ4n) is 4.06. The van der Waals surface area contributed by atoms with E-state index in [9.17, 15) is 27.2 Å². The van der Waals surface area contributed by atoms with E-state index in [4.69, 9.17) is 0 Å². The molecule has 2 heterocycles. The Hall–Kier alpha value is -1.38. The fourth-order valence-corrected chi connectivity index (χ4v) is 4.06. The molecule has 0 aromatic rings. The van der Waals surface area contributed by atoms with Crippen molar-refractivity contribution in [3.63, 3.8) is 0 Å². The first-order chi connectivity index (χ1) is 11.2. The van der Waals surface area contributed by atoms with Crippen molar-refractivity contribution in [3.8, 4) is 0 Å². The number of piperazine rings is 1. The number of carbonyl (C=O) groups is 2. The van der Waals surface area contributed by atoms with Gasteiger partial charge in [0.1, 0.15) is 6.17 Å². The minimum atomic E-state index is -4.90. The number of hydrogen-bond acceptors (Lipinski definition) is 3. The molecule has 2 spiro atoms. The summed E-state index contributed by atoms with van der Waals surface area (Å²) in [5.41, 5.74) is -1.58. The fraction of sp³-hybridized carbons (Fsp3) is 0.867. The molecule has 2 atom stereocenters. The van der Waals surface area contributed by atoms with Crippen LogP contribution in [0.2, 0.25) is 0 Å². The maximum Gasteiger partial charge on any atom is 0.471 e. The largest absolute Gasteiger partial charge is 0.471 e. The van der Waals surface area contributed by atoms with Gasteiger partial charge in [-0.1, -0.05) is 0 Å². The van der Waals surface area contributed by atoms with Gasteiger partial charge in [-0.05, 0) is 25.7 Å². The molecular weight excluding hydrogens is 330 g/mol. The molecule has 2 saturated heterocycles. The first-order valence-corrected chi connectivity index (χ1v) is 8.25. The molecule has 1 N–H and O–H groups in total. The van der Waals surface area contributed by atoms with Crippen molar-refractivity contribution >= 4 is 11.8 Å². The van der Waals surface area contributed by atoms with Crippen molar-refractivity contribution < 1.29 is 27.2 Å². The summed E-state index contributed by atoms with van der Waals surface area (Å²) in [5, 5.41) is 2.85. The highest BCUT2D eigenvalue weighted by molar-refractivity contribution is 5.86. The molecule has 0 aromatic heterocycles. The Kier molecular flexibility index (Phi) is 3.24. The van der Waals surface area contributed by atoms with Crippen molar-refractivity contribution in [2.24, 2.45) is 0 Å². The summed E-state index contributed by atoms with van der Waals surface area (Å²) in [5.74, 6) is -2.04. The lowest BCUT2D eigenvalue weighted by molar-refractivity contribution is -0.194. The van der Waals surface area contributed by atoms with E-state index in [1.54, 1.807) is 4.90 Å². The zero-order valence-electron chi connectivity index (χ0n) is 13.0. The van der Waals surface area contributed by atoms with Crippen LogP contribution in [0.4, 0.5) is 17.6 Å². The van der Waals surface area contributed by atoms with Crippen molar-refractivity contribution in [3.05, 3.63) is 0 Å². The van der Waals surface area contributed by atoms with Gasteiger partial charge in [0.15, 0.2) is 0 Å². The summed E-state index contributed by atoms with van der Waals surface area (Å²) in [7, 11) is 0. The molecule has 4 fully saturated rings. The number of halogens is 4. The molecule has 0 aromatic carbocycles. The molecule has 2 aliphatic heterocycles. The molecule has 24 heavy (non-hydrogen) atoms. The number of carbonyl (C=O) groups excluding carboxylic acids is 2. The van der Waals surface area contributed by atoms with Crippen LogP contribution in [-0.4, -0.2) is 70.7 Å². The van der Waals surface area contributed by atoms with Gasteiger partial charge < -0.3 is 15.1 Å². The van der Waals surface area contributed by atoms with Gasteiger partial charge >= 0.3 is 12.1 Å². The Morgan fingerprint density at radius 1 is 1.00 bits per heavy atom. The molecule has 0 bridgehead atoms. The number of rotatable bonds is 1. The number of alkyl halides is 4. The summed E-state index contributed by atoms with van der Waals surface area (Å²) in [6.07, 6.45) is -3.76. The van der Waals surface area contributed by atoms with E-state index in [1.165, 1.54) is 0 Å². The van der Waals surface area contributed by atoms with Gasteiger partial charge in [0.2, 0.25) is 5.91 Å². The van der Waals surface area contributed by atoms with Crippen LogP contribution in [-0.2, 0) is 9.59 Å². The Bertz CT molecular complexity index is 586. The topological polar surface area (TPSA) is 52.7 Å². The third-order valence-electron chi connectivity index (χ3n) is 5.83. The molecule has 2 saturated carbocycles. The normalized spacial score (nSPS) is 33.2. The van der Waals surface area contributed by atoms with Gasteiger partial charge in [-0.3, -0.25) is 9.59 Å². The molecule has 0 unspecified atom stereocenters. The minimum absolute atomic E-state index is 0.0666. The lowest BCUT2D eigenvalue weighted by atomic mass is 10.00. The Labute approximate surface area is 136 Å². The maximum atomic E-state index is 13.4. The van der Waals surface area contributed by atoms with Crippen LogP contribution in [0.1, 0.15) is 32.1 Å². The van der Waals surface area contributed by atoms with E-state index >= 15 is 0 Å². The Morgan fingerprint density at radius 3 is 2.00 bits per heavy atom. The van der Waals surface area contributed by atoms with Gasteiger partial charge in [0, 0.05) is 26.1 Å². The van der Waals surface area contributed by atoms with Crippen LogP contribution in [0.5, 0.6) is 0 Å². The zero-order valence-corrected chi connectivity index (χ0v) is 13.0. The van der Waals surface area contributed by atoms with E-state index in [0.717, 1.165) is 4.90 Å². The van der Waals surface area contributed by atoms with E-state index in [0.29, 0.717) is 25.7 Å². The standard InChI is InChI=1S/C15H19F4N3O2/c16-9-5-10(20-6-9)11(23)21-7-14(3-4-14)22(8-13(21)1-2-13)12(24)15(17,18)19/h9-10,20H,1-8H2/t9-,10-/m1/s1. The SMILES string of the molecule is O=C([C@H]1C[C@@H](F)CN1)N1CC2(CC2)N(C(=O)C(F)(F)F)CC12CC2. The smallest absolute Gasteiger partial charge is 0.332 e. The van der Waals surface area contributed by atoms with Gasteiger partial charge in [-0.25, -0.2) is 4.39 Å². The number of hydrogen-bond donors (Lipinski definition) is 1. The van der Waals surface area contributed by atoms with Crippen LogP contribution < -0.4 is 5.32 Å². The maximum absolute atomic E-state index is 13.4. The first-order valence-electron chi connectivity index (χ1n) is 8.25. The lowest BCUT2D eigenvalue weighted by Gasteiger charge is -2.48. The molecule has 2 amide bonds. The molecule has 134 valence electrons. The molecule has 4 aliphatic rings. The van der Waals surface area contributed by atoms with Crippen molar-refractivity contribution in [1.82, 2.24) is 15.1 Å². The summed E-state index contributed by atoms with van der Waals surface area (Å²) in [6, 6.07) is -0.613. The molecule has 4 rings (SSSR count). The number of nitrogens with one attached hydrogen (secondary N) is 1. The predicted molar refractivity (Wildman–Crippen MR) is 74.7 cm³/mol. The average Bonchev–Trinajstić information content (AvgIpc) is 3.40.